The van der Waals surface area contributed by atoms with Crippen LogP contribution in [0.4, 0.5) is 4.79 Å². The van der Waals surface area contributed by atoms with Crippen molar-refractivity contribution in [3.8, 4) is 0 Å². The summed E-state index contributed by atoms with van der Waals surface area (Å²) in [5.74, 6) is -0.0166. The van der Waals surface area contributed by atoms with Gasteiger partial charge in [-0.05, 0) is 56.7 Å². The van der Waals surface area contributed by atoms with Crippen LogP contribution < -0.4 is 0 Å². The van der Waals surface area contributed by atoms with E-state index in [0.717, 1.165) is 43.6 Å². The number of imide groups is 1. The highest BCUT2D eigenvalue weighted by atomic mass is 16.2. The number of allylic oxidation sites excluding steroid dienone is 1. The molecule has 2 fully saturated rings. The molecular formula is C27H34N4O2. The summed E-state index contributed by atoms with van der Waals surface area (Å²) >= 11 is 0. The van der Waals surface area contributed by atoms with Gasteiger partial charge < -0.3 is 4.90 Å². The van der Waals surface area contributed by atoms with Crippen LogP contribution in [0.25, 0.3) is 0 Å². The van der Waals surface area contributed by atoms with E-state index in [1.54, 1.807) is 6.20 Å². The molecule has 33 heavy (non-hydrogen) atoms. The molecule has 3 heterocycles. The summed E-state index contributed by atoms with van der Waals surface area (Å²) in [4.78, 5) is 37.2. The Hall–Kier alpha value is -2.99. The Labute approximate surface area is 196 Å². The van der Waals surface area contributed by atoms with Crippen molar-refractivity contribution in [3.63, 3.8) is 0 Å². The highest BCUT2D eigenvalue weighted by Crippen LogP contribution is 2.38. The van der Waals surface area contributed by atoms with Crippen LogP contribution in [0.15, 0.2) is 66.5 Å². The first-order valence-electron chi connectivity index (χ1n) is 11.9. The molecule has 2 aliphatic rings. The maximum absolute atomic E-state index is 13.7. The van der Waals surface area contributed by atoms with Crippen molar-refractivity contribution in [2.24, 2.45) is 0 Å². The van der Waals surface area contributed by atoms with Gasteiger partial charge >= 0.3 is 6.03 Å². The van der Waals surface area contributed by atoms with Crippen molar-refractivity contribution < 1.29 is 9.59 Å². The molecule has 1 aromatic carbocycles. The maximum Gasteiger partial charge on any atom is 0.327 e. The van der Waals surface area contributed by atoms with Gasteiger partial charge in [-0.2, -0.15) is 0 Å². The molecule has 0 atom stereocenters. The number of urea groups is 1. The van der Waals surface area contributed by atoms with Gasteiger partial charge in [0, 0.05) is 45.1 Å². The lowest BCUT2D eigenvalue weighted by atomic mass is 9.85. The molecule has 6 heteroatoms. The number of carbonyl (C=O) groups is 2. The molecule has 0 N–H and O–H groups in total. The third-order valence-corrected chi connectivity index (χ3v) is 7.02. The van der Waals surface area contributed by atoms with Gasteiger partial charge in [-0.3, -0.25) is 19.6 Å². The minimum atomic E-state index is -0.735. The van der Waals surface area contributed by atoms with Gasteiger partial charge in [0.1, 0.15) is 5.54 Å². The lowest BCUT2D eigenvalue weighted by molar-refractivity contribution is -0.135. The Bertz CT molecular complexity index is 982. The Morgan fingerprint density at radius 3 is 2.45 bits per heavy atom. The molecule has 0 radical (unpaired) electrons. The quantitative estimate of drug-likeness (QED) is 0.449. The number of rotatable bonds is 8. The van der Waals surface area contributed by atoms with Crippen LogP contribution in [-0.4, -0.2) is 63.3 Å². The Kier molecular flexibility index (Phi) is 7.23. The fraction of sp³-hybridized carbons (Fsp3) is 0.444. The molecular weight excluding hydrogens is 412 g/mol. The van der Waals surface area contributed by atoms with Gasteiger partial charge in [-0.15, -0.1) is 0 Å². The van der Waals surface area contributed by atoms with Gasteiger partial charge in [0.15, 0.2) is 0 Å². The minimum Gasteiger partial charge on any atom is -0.305 e. The lowest BCUT2D eigenvalue weighted by Gasteiger charge is -2.42. The van der Waals surface area contributed by atoms with Crippen LogP contribution >= 0.6 is 0 Å². The summed E-state index contributed by atoms with van der Waals surface area (Å²) < 4.78 is 0. The molecule has 174 valence electrons. The number of aromatic nitrogens is 1. The van der Waals surface area contributed by atoms with Crippen molar-refractivity contribution in [3.05, 3.63) is 77.6 Å². The second-order valence-electron chi connectivity index (χ2n) is 9.22. The Morgan fingerprint density at radius 2 is 1.79 bits per heavy atom. The van der Waals surface area contributed by atoms with Crippen molar-refractivity contribution in [1.82, 2.24) is 19.7 Å². The predicted molar refractivity (Wildman–Crippen MR) is 129 cm³/mol. The molecule has 3 amide bonds. The molecule has 4 rings (SSSR count). The summed E-state index contributed by atoms with van der Waals surface area (Å²) in [6.07, 6.45) is 8.64. The van der Waals surface area contributed by atoms with E-state index in [4.69, 9.17) is 0 Å². The number of nitrogens with zero attached hydrogens (tertiary/aromatic N) is 4. The van der Waals surface area contributed by atoms with Gasteiger partial charge in [0.25, 0.3) is 5.91 Å². The lowest BCUT2D eigenvalue weighted by Crippen LogP contribution is -2.56. The molecule has 0 bridgehead atoms. The van der Waals surface area contributed by atoms with Crippen LogP contribution in [0.3, 0.4) is 0 Å². The van der Waals surface area contributed by atoms with Crippen LogP contribution in [0, 0.1) is 0 Å². The number of benzene rings is 1. The average Bonchev–Trinajstić information content (AvgIpc) is 3.03. The highest BCUT2D eigenvalue weighted by Gasteiger charge is 2.57. The zero-order valence-corrected chi connectivity index (χ0v) is 19.7. The third-order valence-electron chi connectivity index (χ3n) is 7.02. The summed E-state index contributed by atoms with van der Waals surface area (Å²) in [5.41, 5.74) is 2.78. The number of likely N-dealkylation sites (tertiary alicyclic amines) is 1. The van der Waals surface area contributed by atoms with Crippen molar-refractivity contribution >= 4 is 11.9 Å². The third kappa shape index (κ3) is 5.01. The second-order valence-corrected chi connectivity index (χ2v) is 9.22. The number of pyridine rings is 1. The highest BCUT2D eigenvalue weighted by molar-refractivity contribution is 6.07. The minimum absolute atomic E-state index is 0.0166. The molecule has 0 saturated carbocycles. The summed E-state index contributed by atoms with van der Waals surface area (Å²) in [6.45, 7) is 7.67. The topological polar surface area (TPSA) is 56.8 Å². The van der Waals surface area contributed by atoms with Gasteiger partial charge in [-0.1, -0.05) is 48.0 Å². The molecule has 1 aromatic heterocycles. The molecule has 2 aromatic rings. The van der Waals surface area contributed by atoms with Crippen LogP contribution in [0.5, 0.6) is 0 Å². The zero-order valence-electron chi connectivity index (χ0n) is 19.7. The fourth-order valence-electron chi connectivity index (χ4n) is 4.96. The fourth-order valence-corrected chi connectivity index (χ4v) is 4.96. The van der Waals surface area contributed by atoms with E-state index in [9.17, 15) is 9.59 Å². The maximum atomic E-state index is 13.7. The Morgan fingerprint density at radius 1 is 1.06 bits per heavy atom. The number of piperidine rings is 1. The summed E-state index contributed by atoms with van der Waals surface area (Å²) in [6, 6.07) is 13.8. The van der Waals surface area contributed by atoms with E-state index in [1.807, 2.05) is 53.6 Å². The molecule has 2 saturated heterocycles. The van der Waals surface area contributed by atoms with Gasteiger partial charge in [0.2, 0.25) is 0 Å². The standard InChI is InChI=1S/C27H34N4O2/c1-3-22(2)20-29-17-13-27(14-18-29)25(32)30(16-8-12-23-11-7-15-28-19-23)26(33)31(27)21-24-9-5-4-6-10-24/h3-7,9-11,15,19H,8,12-14,16-18,20-21H2,1-2H3/b22-3+. The van der Waals surface area contributed by atoms with E-state index < -0.39 is 5.54 Å². The van der Waals surface area contributed by atoms with Crippen molar-refractivity contribution in [1.29, 1.82) is 0 Å². The second kappa shape index (κ2) is 10.3. The number of amides is 3. The average molecular weight is 447 g/mol. The van der Waals surface area contributed by atoms with Crippen LogP contribution in [0.1, 0.15) is 44.2 Å². The first kappa shape index (κ1) is 23.2. The summed E-state index contributed by atoms with van der Waals surface area (Å²) in [7, 11) is 0. The molecule has 6 nitrogen and oxygen atoms in total. The van der Waals surface area contributed by atoms with E-state index >= 15 is 0 Å². The predicted octanol–water partition coefficient (Wildman–Crippen LogP) is 4.28. The SMILES string of the molecule is C/C=C(\C)CN1CCC2(CC1)C(=O)N(CCCc1cccnc1)C(=O)N2Cc1ccccc1. The van der Waals surface area contributed by atoms with Crippen LogP contribution in [0.2, 0.25) is 0 Å². The van der Waals surface area contributed by atoms with E-state index in [1.165, 1.54) is 10.5 Å². The smallest absolute Gasteiger partial charge is 0.305 e. The summed E-state index contributed by atoms with van der Waals surface area (Å²) in [5, 5.41) is 0. The van der Waals surface area contributed by atoms with Crippen molar-refractivity contribution in [2.75, 3.05) is 26.2 Å². The molecule has 0 aliphatic carbocycles. The number of carbonyl (C=O) groups excluding carboxylic acids is 2. The first-order valence-corrected chi connectivity index (χ1v) is 11.9. The van der Waals surface area contributed by atoms with E-state index in [2.05, 4.69) is 29.8 Å². The number of hydrogen-bond acceptors (Lipinski definition) is 4. The zero-order chi connectivity index (χ0) is 23.3. The first-order chi connectivity index (χ1) is 16.0. The van der Waals surface area contributed by atoms with E-state index in [0.29, 0.717) is 25.9 Å². The molecule has 0 unspecified atom stereocenters. The van der Waals surface area contributed by atoms with Crippen LogP contribution in [-0.2, 0) is 17.8 Å². The van der Waals surface area contributed by atoms with E-state index in [-0.39, 0.29) is 11.9 Å². The van der Waals surface area contributed by atoms with Gasteiger partial charge in [0.05, 0.1) is 0 Å². The normalized spacial score (nSPS) is 19.0. The van der Waals surface area contributed by atoms with Crippen molar-refractivity contribution in [2.45, 2.75) is 51.6 Å². The Balaban J connectivity index is 1.51. The number of aryl methyl sites for hydroxylation is 1. The molecule has 2 aliphatic heterocycles. The largest absolute Gasteiger partial charge is 0.327 e. The molecule has 1 spiro atoms. The monoisotopic (exact) mass is 446 g/mol. The van der Waals surface area contributed by atoms with Gasteiger partial charge in [-0.25, -0.2) is 4.79 Å². The number of hydrogen-bond donors (Lipinski definition) is 0.